The van der Waals surface area contributed by atoms with Crippen molar-refractivity contribution >= 4 is 63.5 Å². The lowest BCUT2D eigenvalue weighted by molar-refractivity contribution is -0.121. The topological polar surface area (TPSA) is 48.0 Å². The van der Waals surface area contributed by atoms with Crippen LogP contribution >= 0.6 is 47.2 Å². The summed E-state index contributed by atoms with van der Waals surface area (Å²) in [6.07, 6.45) is 1.76. The molecule has 5 nitrogen and oxygen atoms in total. The second-order valence-corrected chi connectivity index (χ2v) is 9.29. The Morgan fingerprint density at radius 1 is 1.06 bits per heavy atom. The zero-order chi connectivity index (χ0) is 23.3. The Balaban J connectivity index is 1.71. The van der Waals surface area contributed by atoms with E-state index in [9.17, 15) is 4.79 Å². The Kier molecular flexibility index (Phi) is 8.71. The highest BCUT2D eigenvalue weighted by Crippen LogP contribution is 2.39. The van der Waals surface area contributed by atoms with Gasteiger partial charge in [0.15, 0.2) is 11.5 Å². The second kappa shape index (κ2) is 11.3. The van der Waals surface area contributed by atoms with Gasteiger partial charge in [0.2, 0.25) is 0 Å². The van der Waals surface area contributed by atoms with Gasteiger partial charge in [-0.15, -0.1) is 0 Å². The second-order valence-electron chi connectivity index (χ2n) is 6.80. The smallest absolute Gasteiger partial charge is 0.266 e. The molecule has 0 aliphatic carbocycles. The number of benzene rings is 2. The van der Waals surface area contributed by atoms with Crippen LogP contribution < -0.4 is 14.2 Å². The van der Waals surface area contributed by atoms with E-state index >= 15 is 0 Å². The summed E-state index contributed by atoms with van der Waals surface area (Å²) >= 11 is 19.1. The van der Waals surface area contributed by atoms with Crippen LogP contribution in [0.15, 0.2) is 35.2 Å². The van der Waals surface area contributed by atoms with Crippen molar-refractivity contribution in [3.8, 4) is 17.2 Å². The van der Waals surface area contributed by atoms with E-state index in [0.717, 1.165) is 11.1 Å². The standard InChI is InChI=1S/C23H23Cl2NO4S2/c1-4-26-22(27)20(32-23(26)31)13-15-11-18(25)21(19(12-15)28-5-2)30-9-8-29-16-6-7-17(24)14(3)10-16/h6-7,10-13H,4-5,8-9H2,1-3H3. The van der Waals surface area contributed by atoms with Gasteiger partial charge in [-0.05, 0) is 68.3 Å². The van der Waals surface area contributed by atoms with Crippen LogP contribution in [0.5, 0.6) is 17.2 Å². The van der Waals surface area contributed by atoms with Crippen molar-refractivity contribution in [3.05, 3.63) is 56.4 Å². The van der Waals surface area contributed by atoms with Crippen molar-refractivity contribution in [1.29, 1.82) is 0 Å². The highest BCUT2D eigenvalue weighted by molar-refractivity contribution is 8.26. The number of rotatable bonds is 9. The lowest BCUT2D eigenvalue weighted by atomic mass is 10.1. The summed E-state index contributed by atoms with van der Waals surface area (Å²) in [5, 5.41) is 1.08. The monoisotopic (exact) mass is 511 g/mol. The van der Waals surface area contributed by atoms with Crippen molar-refractivity contribution in [1.82, 2.24) is 4.90 Å². The van der Waals surface area contributed by atoms with Gasteiger partial charge in [-0.1, -0.05) is 47.2 Å². The molecule has 1 saturated heterocycles. The fourth-order valence-corrected chi connectivity index (χ4v) is 4.78. The first kappa shape index (κ1) is 24.7. The number of aryl methyl sites for hydroxylation is 1. The molecule has 1 fully saturated rings. The van der Waals surface area contributed by atoms with Crippen molar-refractivity contribution in [3.63, 3.8) is 0 Å². The minimum atomic E-state index is -0.105. The lowest BCUT2D eigenvalue weighted by Gasteiger charge is -2.15. The number of carbonyl (C=O) groups is 1. The molecule has 2 aromatic rings. The molecular weight excluding hydrogens is 489 g/mol. The van der Waals surface area contributed by atoms with E-state index in [0.29, 0.717) is 56.3 Å². The molecule has 1 aliphatic heterocycles. The molecule has 1 amide bonds. The van der Waals surface area contributed by atoms with E-state index < -0.39 is 0 Å². The molecule has 0 bridgehead atoms. The fraction of sp³-hybridized carbons (Fsp3) is 0.304. The summed E-state index contributed by atoms with van der Waals surface area (Å²) in [6, 6.07) is 9.01. The maximum atomic E-state index is 12.5. The van der Waals surface area contributed by atoms with Gasteiger partial charge in [0.25, 0.3) is 5.91 Å². The van der Waals surface area contributed by atoms with Gasteiger partial charge >= 0.3 is 0 Å². The van der Waals surface area contributed by atoms with E-state index in [1.54, 1.807) is 29.2 Å². The van der Waals surface area contributed by atoms with Gasteiger partial charge < -0.3 is 14.2 Å². The molecule has 0 aromatic heterocycles. The molecule has 0 N–H and O–H groups in total. The molecule has 2 aromatic carbocycles. The van der Waals surface area contributed by atoms with Crippen LogP contribution in [0.1, 0.15) is 25.0 Å². The summed E-state index contributed by atoms with van der Waals surface area (Å²) < 4.78 is 17.9. The molecule has 1 aliphatic rings. The number of thiocarbonyl (C=S) groups is 1. The summed E-state index contributed by atoms with van der Waals surface area (Å²) in [7, 11) is 0. The SMILES string of the molecule is CCOc1cc(C=C2SC(=S)N(CC)C2=O)cc(Cl)c1OCCOc1ccc(Cl)c(C)c1. The Hall–Kier alpha value is -1.93. The van der Waals surface area contributed by atoms with Gasteiger partial charge in [-0.3, -0.25) is 9.69 Å². The van der Waals surface area contributed by atoms with Crippen LogP contribution in [0, 0.1) is 6.92 Å². The molecule has 170 valence electrons. The molecule has 0 spiro atoms. The van der Waals surface area contributed by atoms with Crippen LogP contribution in [-0.2, 0) is 4.79 Å². The van der Waals surface area contributed by atoms with E-state index in [1.807, 2.05) is 32.9 Å². The number of likely N-dealkylation sites (N-methyl/N-ethyl adjacent to an activating group) is 1. The van der Waals surface area contributed by atoms with Crippen LogP contribution in [0.2, 0.25) is 10.0 Å². The van der Waals surface area contributed by atoms with Crippen LogP contribution in [-0.4, -0.2) is 41.5 Å². The summed E-state index contributed by atoms with van der Waals surface area (Å²) in [4.78, 5) is 14.6. The highest BCUT2D eigenvalue weighted by atomic mass is 35.5. The van der Waals surface area contributed by atoms with E-state index in [-0.39, 0.29) is 12.5 Å². The number of amides is 1. The van der Waals surface area contributed by atoms with Crippen molar-refractivity contribution < 1.29 is 19.0 Å². The molecule has 0 atom stereocenters. The van der Waals surface area contributed by atoms with E-state index in [2.05, 4.69) is 0 Å². The number of thioether (sulfide) groups is 1. The van der Waals surface area contributed by atoms with Crippen molar-refractivity contribution in [2.45, 2.75) is 20.8 Å². The first-order valence-corrected chi connectivity index (χ1v) is 12.1. The number of carbonyl (C=O) groups excluding carboxylic acids is 1. The molecule has 0 radical (unpaired) electrons. The predicted octanol–water partition coefficient (Wildman–Crippen LogP) is 6.38. The third-order valence-electron chi connectivity index (χ3n) is 4.55. The Morgan fingerprint density at radius 3 is 2.47 bits per heavy atom. The van der Waals surface area contributed by atoms with Crippen LogP contribution in [0.25, 0.3) is 6.08 Å². The quantitative estimate of drug-likeness (QED) is 0.221. The maximum Gasteiger partial charge on any atom is 0.266 e. The number of halogens is 2. The van der Waals surface area contributed by atoms with Crippen LogP contribution in [0.3, 0.4) is 0 Å². The fourth-order valence-electron chi connectivity index (χ4n) is 3.01. The van der Waals surface area contributed by atoms with E-state index in [4.69, 9.17) is 49.6 Å². The molecule has 1 heterocycles. The molecule has 32 heavy (non-hydrogen) atoms. The first-order chi connectivity index (χ1) is 15.3. The van der Waals surface area contributed by atoms with Gasteiger partial charge in [0.1, 0.15) is 23.3 Å². The number of hydrogen-bond donors (Lipinski definition) is 0. The molecule has 0 unspecified atom stereocenters. The first-order valence-electron chi connectivity index (χ1n) is 10.1. The Bertz CT molecular complexity index is 1060. The van der Waals surface area contributed by atoms with Crippen molar-refractivity contribution in [2.24, 2.45) is 0 Å². The summed E-state index contributed by atoms with van der Waals surface area (Å²) in [5.74, 6) is 1.54. The number of nitrogens with zero attached hydrogens (tertiary/aromatic N) is 1. The largest absolute Gasteiger partial charge is 0.490 e. The number of ether oxygens (including phenoxy) is 3. The lowest BCUT2D eigenvalue weighted by Crippen LogP contribution is -2.27. The van der Waals surface area contributed by atoms with Gasteiger partial charge in [-0.2, -0.15) is 0 Å². The third kappa shape index (κ3) is 5.90. The Labute approximate surface area is 207 Å². The van der Waals surface area contributed by atoms with Crippen LogP contribution in [0.4, 0.5) is 0 Å². The van der Waals surface area contributed by atoms with E-state index in [1.165, 1.54) is 11.8 Å². The normalized spacial score (nSPS) is 14.9. The molecule has 3 rings (SSSR count). The molecule has 9 heteroatoms. The minimum absolute atomic E-state index is 0.105. The molecule has 0 saturated carbocycles. The Morgan fingerprint density at radius 2 is 1.81 bits per heavy atom. The van der Waals surface area contributed by atoms with Gasteiger partial charge in [0.05, 0.1) is 16.5 Å². The predicted molar refractivity (Wildman–Crippen MR) is 135 cm³/mol. The maximum absolute atomic E-state index is 12.5. The van der Waals surface area contributed by atoms with Gasteiger partial charge in [-0.25, -0.2) is 0 Å². The highest BCUT2D eigenvalue weighted by Gasteiger charge is 2.30. The van der Waals surface area contributed by atoms with Crippen molar-refractivity contribution in [2.75, 3.05) is 26.4 Å². The third-order valence-corrected chi connectivity index (χ3v) is 6.63. The summed E-state index contributed by atoms with van der Waals surface area (Å²) in [5.41, 5.74) is 1.67. The summed E-state index contributed by atoms with van der Waals surface area (Å²) in [6.45, 7) is 7.26. The number of hydrogen-bond acceptors (Lipinski definition) is 6. The average Bonchev–Trinajstić information content (AvgIpc) is 3.01. The zero-order valence-corrected chi connectivity index (χ0v) is 21.1. The van der Waals surface area contributed by atoms with Gasteiger partial charge in [0, 0.05) is 11.6 Å². The average molecular weight is 512 g/mol. The minimum Gasteiger partial charge on any atom is -0.490 e. The zero-order valence-electron chi connectivity index (χ0n) is 17.9. The molecular formula is C23H23Cl2NO4S2.